The van der Waals surface area contributed by atoms with E-state index in [4.69, 9.17) is 0 Å². The number of nitrogens with one attached hydrogen (secondary N) is 1. The van der Waals surface area contributed by atoms with Gasteiger partial charge in [0.1, 0.15) is 13.0 Å². The average Bonchev–Trinajstić information content (AvgIpc) is 2.66. The average molecular weight is 234 g/mol. The van der Waals surface area contributed by atoms with Crippen molar-refractivity contribution >= 4 is 5.69 Å². The number of rotatable bonds is 4. The van der Waals surface area contributed by atoms with E-state index in [1.54, 1.807) is 11.8 Å². The van der Waals surface area contributed by atoms with Crippen LogP contribution in [0.2, 0.25) is 0 Å². The first-order valence-electron chi connectivity index (χ1n) is 5.69. The zero-order valence-corrected chi connectivity index (χ0v) is 9.93. The quantitative estimate of drug-likeness (QED) is 0.675. The zero-order chi connectivity index (χ0) is 12.4. The minimum Gasteiger partial charge on any atom is -0.376 e. The number of para-hydroxylation sites is 1. The molecule has 1 unspecified atom stereocenters. The second-order valence-corrected chi connectivity index (χ2v) is 4.38. The van der Waals surface area contributed by atoms with Crippen molar-refractivity contribution in [1.29, 1.82) is 0 Å². The summed E-state index contributed by atoms with van der Waals surface area (Å²) in [6.45, 7) is 5.41. The number of anilines is 1. The molecule has 0 saturated carbocycles. The second kappa shape index (κ2) is 4.77. The first kappa shape index (κ1) is 12.0. The highest BCUT2D eigenvalue weighted by atomic mass is 16.3. The van der Waals surface area contributed by atoms with Crippen molar-refractivity contribution in [2.24, 2.45) is 0 Å². The van der Waals surface area contributed by atoms with Crippen molar-refractivity contribution in [3.05, 3.63) is 42.1 Å². The summed E-state index contributed by atoms with van der Waals surface area (Å²) < 4.78 is 0. The lowest BCUT2D eigenvalue weighted by Crippen LogP contribution is -2.48. The lowest BCUT2D eigenvalue weighted by Gasteiger charge is -2.30. The van der Waals surface area contributed by atoms with Gasteiger partial charge >= 0.3 is 0 Å². The van der Waals surface area contributed by atoms with Gasteiger partial charge in [-0.15, -0.1) is 0 Å². The van der Waals surface area contributed by atoms with E-state index >= 15 is 0 Å². The zero-order valence-electron chi connectivity index (χ0n) is 9.93. The maximum absolute atomic E-state index is 10.1. The van der Waals surface area contributed by atoms with E-state index in [1.165, 1.54) is 0 Å². The fourth-order valence-electron chi connectivity index (χ4n) is 2.29. The van der Waals surface area contributed by atoms with Gasteiger partial charge < -0.3 is 20.4 Å². The van der Waals surface area contributed by atoms with Crippen molar-refractivity contribution in [2.75, 3.05) is 11.6 Å². The molecule has 0 spiro atoms. The van der Waals surface area contributed by atoms with E-state index in [1.807, 2.05) is 24.3 Å². The largest absolute Gasteiger partial charge is 0.376 e. The van der Waals surface area contributed by atoms with Gasteiger partial charge in [-0.05, 0) is 25.0 Å². The SMILES string of the molecule is C=C(C)NC(O)[C@@H]1Cc2ccccc2N1CO. The molecule has 1 heterocycles. The fourth-order valence-corrected chi connectivity index (χ4v) is 2.29. The molecule has 92 valence electrons. The van der Waals surface area contributed by atoms with Crippen molar-refractivity contribution in [3.63, 3.8) is 0 Å². The molecule has 2 atom stereocenters. The third-order valence-electron chi connectivity index (χ3n) is 3.04. The predicted octanol–water partition coefficient (Wildman–Crippen LogP) is 0.809. The monoisotopic (exact) mass is 234 g/mol. The van der Waals surface area contributed by atoms with Crippen LogP contribution in [-0.2, 0) is 6.42 Å². The van der Waals surface area contributed by atoms with Gasteiger partial charge in [0.05, 0.1) is 6.04 Å². The summed E-state index contributed by atoms with van der Waals surface area (Å²) in [5.41, 5.74) is 2.85. The Morgan fingerprint density at radius 2 is 2.29 bits per heavy atom. The molecule has 0 fully saturated rings. The minimum absolute atomic E-state index is 0.101. The third kappa shape index (κ3) is 2.28. The molecule has 0 amide bonds. The maximum atomic E-state index is 10.1. The summed E-state index contributed by atoms with van der Waals surface area (Å²) in [5, 5.41) is 22.4. The van der Waals surface area contributed by atoms with E-state index in [9.17, 15) is 10.2 Å². The molecule has 0 bridgehead atoms. The van der Waals surface area contributed by atoms with Gasteiger partial charge in [-0.25, -0.2) is 0 Å². The van der Waals surface area contributed by atoms with E-state index in [0.29, 0.717) is 5.70 Å². The van der Waals surface area contributed by atoms with Crippen LogP contribution in [0.5, 0.6) is 0 Å². The standard InChI is InChI=1S/C13H18N2O2/c1-9(2)14-13(17)12-7-10-5-3-4-6-11(10)15(12)8-16/h3-6,12-14,16-17H,1,7-8H2,2H3/t12-,13?/m0/s1. The predicted molar refractivity (Wildman–Crippen MR) is 67.5 cm³/mol. The van der Waals surface area contributed by atoms with E-state index in [2.05, 4.69) is 11.9 Å². The molecule has 1 aliphatic rings. The van der Waals surface area contributed by atoms with Gasteiger partial charge in [0, 0.05) is 11.4 Å². The molecular weight excluding hydrogens is 216 g/mol. The van der Waals surface area contributed by atoms with Gasteiger partial charge in [0.15, 0.2) is 0 Å². The third-order valence-corrected chi connectivity index (χ3v) is 3.04. The summed E-state index contributed by atoms with van der Waals surface area (Å²) in [7, 11) is 0. The van der Waals surface area contributed by atoms with E-state index < -0.39 is 6.23 Å². The van der Waals surface area contributed by atoms with Gasteiger partial charge in [-0.3, -0.25) is 0 Å². The Morgan fingerprint density at radius 3 is 2.94 bits per heavy atom. The summed E-state index contributed by atoms with van der Waals surface area (Å²) in [4.78, 5) is 1.80. The highest BCUT2D eigenvalue weighted by Crippen LogP contribution is 2.32. The highest BCUT2D eigenvalue weighted by molar-refractivity contribution is 5.59. The summed E-state index contributed by atoms with van der Waals surface area (Å²) in [6, 6.07) is 7.72. The Balaban J connectivity index is 2.20. The van der Waals surface area contributed by atoms with Crippen molar-refractivity contribution in [3.8, 4) is 0 Å². The molecule has 3 N–H and O–H groups in total. The molecule has 1 aliphatic heterocycles. The van der Waals surface area contributed by atoms with Crippen LogP contribution < -0.4 is 10.2 Å². The molecule has 2 rings (SSSR count). The van der Waals surface area contributed by atoms with Crippen LogP contribution in [0.15, 0.2) is 36.5 Å². The fraction of sp³-hybridized carbons (Fsp3) is 0.385. The first-order chi connectivity index (χ1) is 8.13. The number of nitrogens with zero attached hydrogens (tertiary/aromatic N) is 1. The van der Waals surface area contributed by atoms with Crippen LogP contribution >= 0.6 is 0 Å². The Kier molecular flexibility index (Phi) is 3.36. The molecule has 0 saturated heterocycles. The topological polar surface area (TPSA) is 55.7 Å². The van der Waals surface area contributed by atoms with Crippen LogP contribution in [-0.4, -0.2) is 29.2 Å². The van der Waals surface area contributed by atoms with Crippen LogP contribution in [0, 0.1) is 0 Å². The smallest absolute Gasteiger partial charge is 0.145 e. The van der Waals surface area contributed by atoms with Crippen LogP contribution in [0.3, 0.4) is 0 Å². The van der Waals surface area contributed by atoms with Gasteiger partial charge in [-0.1, -0.05) is 24.8 Å². The number of benzene rings is 1. The van der Waals surface area contributed by atoms with Crippen LogP contribution in [0.25, 0.3) is 0 Å². The van der Waals surface area contributed by atoms with E-state index in [-0.39, 0.29) is 12.8 Å². The van der Waals surface area contributed by atoms with Crippen molar-refractivity contribution in [2.45, 2.75) is 25.6 Å². The molecule has 0 aliphatic carbocycles. The van der Waals surface area contributed by atoms with Crippen LogP contribution in [0.1, 0.15) is 12.5 Å². The van der Waals surface area contributed by atoms with Crippen LogP contribution in [0.4, 0.5) is 5.69 Å². The lowest BCUT2D eigenvalue weighted by molar-refractivity contribution is 0.109. The van der Waals surface area contributed by atoms with Crippen molar-refractivity contribution in [1.82, 2.24) is 5.32 Å². The first-order valence-corrected chi connectivity index (χ1v) is 5.69. The van der Waals surface area contributed by atoms with E-state index in [0.717, 1.165) is 17.7 Å². The Morgan fingerprint density at radius 1 is 1.59 bits per heavy atom. The Hall–Kier alpha value is -1.52. The summed E-state index contributed by atoms with van der Waals surface area (Å²) >= 11 is 0. The Bertz CT molecular complexity index is 420. The molecule has 4 nitrogen and oxygen atoms in total. The molecule has 1 aromatic carbocycles. The highest BCUT2D eigenvalue weighted by Gasteiger charge is 2.33. The molecular formula is C13H18N2O2. The summed E-state index contributed by atoms with van der Waals surface area (Å²) in [6.07, 6.45) is -0.00917. The molecule has 17 heavy (non-hydrogen) atoms. The van der Waals surface area contributed by atoms with Gasteiger partial charge in [-0.2, -0.15) is 0 Å². The van der Waals surface area contributed by atoms with Gasteiger partial charge in [0.2, 0.25) is 0 Å². The molecule has 0 aromatic heterocycles. The molecule has 0 radical (unpaired) electrons. The second-order valence-electron chi connectivity index (χ2n) is 4.38. The lowest BCUT2D eigenvalue weighted by atomic mass is 10.1. The number of aliphatic hydroxyl groups excluding tert-OH is 2. The number of aliphatic hydroxyl groups is 2. The Labute approximate surface area is 101 Å². The summed E-state index contributed by atoms with van der Waals surface area (Å²) in [5.74, 6) is 0. The van der Waals surface area contributed by atoms with Crippen molar-refractivity contribution < 1.29 is 10.2 Å². The van der Waals surface area contributed by atoms with Gasteiger partial charge in [0.25, 0.3) is 0 Å². The number of fused-ring (bicyclic) bond motifs is 1. The minimum atomic E-state index is -0.730. The maximum Gasteiger partial charge on any atom is 0.145 e. The normalized spacial score (nSPS) is 19.9. The number of hydrogen-bond donors (Lipinski definition) is 3. The number of hydrogen-bond acceptors (Lipinski definition) is 4. The number of allylic oxidation sites excluding steroid dienone is 1. The molecule has 4 heteroatoms. The molecule has 1 aromatic rings.